The van der Waals surface area contributed by atoms with Gasteiger partial charge in [0.1, 0.15) is 0 Å². The van der Waals surface area contributed by atoms with Gasteiger partial charge in [0, 0.05) is 12.3 Å². The molecule has 2 rings (SSSR count). The summed E-state index contributed by atoms with van der Waals surface area (Å²) in [5.41, 5.74) is 0.220. The quantitative estimate of drug-likeness (QED) is 0.669. The highest BCUT2D eigenvalue weighted by atomic mass is 16.1. The minimum absolute atomic E-state index is 0.259. The molecule has 0 spiro atoms. The number of nitrogens with one attached hydrogen (secondary N) is 2. The Morgan fingerprint density at radius 2 is 2.07 bits per heavy atom. The molecular formula is C9H7N3O2. The molecule has 0 unspecified atom stereocenters. The molecule has 2 aromatic rings. The van der Waals surface area contributed by atoms with Gasteiger partial charge in [-0.2, -0.15) is 0 Å². The van der Waals surface area contributed by atoms with Gasteiger partial charge < -0.3 is 9.97 Å². The molecule has 0 fully saturated rings. The fourth-order valence-electron chi connectivity index (χ4n) is 1.14. The second-order valence-electron chi connectivity index (χ2n) is 2.71. The van der Waals surface area contributed by atoms with E-state index in [-0.39, 0.29) is 11.1 Å². The molecule has 2 heterocycles. The van der Waals surface area contributed by atoms with Crippen LogP contribution >= 0.6 is 0 Å². The van der Waals surface area contributed by atoms with Crippen molar-refractivity contribution in [3.05, 3.63) is 51.4 Å². The molecule has 0 aliphatic carbocycles. The number of aromatic nitrogens is 3. The minimum Gasteiger partial charge on any atom is -0.329 e. The van der Waals surface area contributed by atoms with Crippen LogP contribution in [-0.4, -0.2) is 15.0 Å². The predicted molar refractivity (Wildman–Crippen MR) is 50.9 cm³/mol. The van der Waals surface area contributed by atoms with Crippen LogP contribution in [0.5, 0.6) is 0 Å². The van der Waals surface area contributed by atoms with E-state index in [1.54, 1.807) is 12.1 Å². The topological polar surface area (TPSA) is 78.6 Å². The Morgan fingerprint density at radius 3 is 2.79 bits per heavy atom. The van der Waals surface area contributed by atoms with Gasteiger partial charge in [-0.15, -0.1) is 0 Å². The van der Waals surface area contributed by atoms with Crippen molar-refractivity contribution in [2.75, 3.05) is 0 Å². The molecule has 2 N–H and O–H groups in total. The molecule has 0 bridgehead atoms. The number of rotatable bonds is 1. The highest BCUT2D eigenvalue weighted by Gasteiger charge is 2.02. The average molecular weight is 189 g/mol. The Kier molecular flexibility index (Phi) is 1.98. The van der Waals surface area contributed by atoms with Gasteiger partial charge >= 0.3 is 0 Å². The number of pyridine rings is 1. The molecule has 0 saturated carbocycles. The smallest absolute Gasteiger partial charge is 0.257 e. The third-order valence-electron chi connectivity index (χ3n) is 1.77. The van der Waals surface area contributed by atoms with Crippen molar-refractivity contribution < 1.29 is 0 Å². The van der Waals surface area contributed by atoms with Gasteiger partial charge in [0.25, 0.3) is 11.1 Å². The molecule has 0 radical (unpaired) electrons. The maximum atomic E-state index is 11.3. The summed E-state index contributed by atoms with van der Waals surface area (Å²) in [6, 6.07) is 4.57. The molecule has 5 heteroatoms. The van der Waals surface area contributed by atoms with Crippen LogP contribution in [0.25, 0.3) is 11.3 Å². The summed E-state index contributed by atoms with van der Waals surface area (Å²) in [5.74, 6) is 0. The van der Waals surface area contributed by atoms with Crippen molar-refractivity contribution in [2.45, 2.75) is 0 Å². The average Bonchev–Trinajstić information content (AvgIpc) is 2.18. The second-order valence-corrected chi connectivity index (χ2v) is 2.71. The van der Waals surface area contributed by atoms with Crippen molar-refractivity contribution in [3.63, 3.8) is 0 Å². The molecule has 5 nitrogen and oxygen atoms in total. The molecule has 0 aromatic carbocycles. The summed E-state index contributed by atoms with van der Waals surface area (Å²) in [6.07, 6.45) is 2.79. The van der Waals surface area contributed by atoms with E-state index < -0.39 is 0 Å². The van der Waals surface area contributed by atoms with E-state index in [2.05, 4.69) is 15.0 Å². The van der Waals surface area contributed by atoms with Gasteiger partial charge in [0.15, 0.2) is 0 Å². The molecule has 2 aromatic heterocycles. The molecule has 14 heavy (non-hydrogen) atoms. The van der Waals surface area contributed by atoms with Gasteiger partial charge in [-0.3, -0.25) is 9.59 Å². The number of aromatic amines is 2. The minimum atomic E-state index is -0.279. The number of hydrogen-bond acceptors (Lipinski definition) is 3. The van der Waals surface area contributed by atoms with E-state index in [0.717, 1.165) is 0 Å². The molecule has 0 saturated heterocycles. The van der Waals surface area contributed by atoms with Crippen molar-refractivity contribution in [3.8, 4) is 11.3 Å². The lowest BCUT2D eigenvalue weighted by Gasteiger charge is -1.96. The first-order chi connectivity index (χ1) is 6.77. The first kappa shape index (κ1) is 8.43. The SMILES string of the molecule is O=c1cc(-c2ccc[nH]c2=O)nc[nH]1. The summed E-state index contributed by atoms with van der Waals surface area (Å²) >= 11 is 0. The lowest BCUT2D eigenvalue weighted by Crippen LogP contribution is -2.11. The second kappa shape index (κ2) is 3.29. The summed E-state index contributed by atoms with van der Waals surface area (Å²) in [7, 11) is 0. The summed E-state index contributed by atoms with van der Waals surface area (Å²) < 4.78 is 0. The molecule has 0 aliphatic rings. The Bertz CT molecular complexity index is 556. The van der Waals surface area contributed by atoms with Crippen LogP contribution in [0, 0.1) is 0 Å². The van der Waals surface area contributed by atoms with Crippen LogP contribution in [0.15, 0.2) is 40.3 Å². The van der Waals surface area contributed by atoms with Gasteiger partial charge in [-0.25, -0.2) is 4.98 Å². The van der Waals surface area contributed by atoms with Gasteiger partial charge in [-0.05, 0) is 12.1 Å². The predicted octanol–water partition coefficient (Wildman–Crippen LogP) is 0.125. The number of nitrogens with zero attached hydrogens (tertiary/aromatic N) is 1. The molecule has 0 atom stereocenters. The van der Waals surface area contributed by atoms with E-state index in [1.165, 1.54) is 18.6 Å². The van der Waals surface area contributed by atoms with E-state index in [1.807, 2.05) is 0 Å². The van der Waals surface area contributed by atoms with E-state index in [4.69, 9.17) is 0 Å². The summed E-state index contributed by atoms with van der Waals surface area (Å²) in [5, 5.41) is 0. The standard InChI is InChI=1S/C9H7N3O2/c13-8-4-7(11-5-12-8)6-2-1-3-10-9(6)14/h1-5H,(H,10,14)(H,11,12,13). The zero-order valence-corrected chi connectivity index (χ0v) is 7.15. The largest absolute Gasteiger partial charge is 0.329 e. The first-order valence-corrected chi connectivity index (χ1v) is 4.00. The fraction of sp³-hybridized carbons (Fsp3) is 0. The Morgan fingerprint density at radius 1 is 1.21 bits per heavy atom. The number of hydrogen-bond donors (Lipinski definition) is 2. The zero-order valence-electron chi connectivity index (χ0n) is 7.15. The Labute approximate surface area is 78.5 Å². The van der Waals surface area contributed by atoms with Crippen molar-refractivity contribution in [2.24, 2.45) is 0 Å². The maximum absolute atomic E-state index is 11.3. The summed E-state index contributed by atoms with van der Waals surface area (Å²) in [4.78, 5) is 31.1. The van der Waals surface area contributed by atoms with E-state index >= 15 is 0 Å². The maximum Gasteiger partial charge on any atom is 0.257 e. The molecule has 0 amide bonds. The third-order valence-corrected chi connectivity index (χ3v) is 1.77. The zero-order chi connectivity index (χ0) is 9.97. The normalized spacial score (nSPS) is 10.0. The van der Waals surface area contributed by atoms with Crippen LogP contribution in [-0.2, 0) is 0 Å². The Balaban J connectivity index is 2.67. The van der Waals surface area contributed by atoms with Crippen molar-refractivity contribution >= 4 is 0 Å². The van der Waals surface area contributed by atoms with E-state index in [0.29, 0.717) is 11.3 Å². The van der Waals surface area contributed by atoms with Gasteiger partial charge in [-0.1, -0.05) is 0 Å². The molecule has 0 aliphatic heterocycles. The van der Waals surface area contributed by atoms with Crippen LogP contribution in [0.1, 0.15) is 0 Å². The first-order valence-electron chi connectivity index (χ1n) is 4.00. The van der Waals surface area contributed by atoms with Crippen LogP contribution in [0.4, 0.5) is 0 Å². The number of H-pyrrole nitrogens is 2. The van der Waals surface area contributed by atoms with Crippen LogP contribution in [0.2, 0.25) is 0 Å². The monoisotopic (exact) mass is 189 g/mol. The molecular weight excluding hydrogens is 182 g/mol. The highest BCUT2D eigenvalue weighted by Crippen LogP contribution is 2.06. The lowest BCUT2D eigenvalue weighted by molar-refractivity contribution is 1.11. The van der Waals surface area contributed by atoms with Crippen LogP contribution in [0.3, 0.4) is 0 Å². The summed E-state index contributed by atoms with van der Waals surface area (Å²) in [6.45, 7) is 0. The van der Waals surface area contributed by atoms with E-state index in [9.17, 15) is 9.59 Å². The third kappa shape index (κ3) is 1.47. The molecule has 70 valence electrons. The van der Waals surface area contributed by atoms with Gasteiger partial charge in [0.2, 0.25) is 0 Å². The Hall–Kier alpha value is -2.17. The lowest BCUT2D eigenvalue weighted by atomic mass is 10.2. The highest BCUT2D eigenvalue weighted by molar-refractivity contribution is 5.56. The van der Waals surface area contributed by atoms with Crippen molar-refractivity contribution in [1.29, 1.82) is 0 Å². The van der Waals surface area contributed by atoms with Crippen LogP contribution < -0.4 is 11.1 Å². The van der Waals surface area contributed by atoms with Gasteiger partial charge in [0.05, 0.1) is 17.6 Å². The van der Waals surface area contributed by atoms with Crippen molar-refractivity contribution in [1.82, 2.24) is 15.0 Å². The fourth-order valence-corrected chi connectivity index (χ4v) is 1.14.